The topological polar surface area (TPSA) is 111 Å². The van der Waals surface area contributed by atoms with Crippen molar-refractivity contribution in [3.63, 3.8) is 0 Å². The maximum absolute atomic E-state index is 10.2. The molecule has 0 rings (SSSR count). The second-order valence-electron chi connectivity index (χ2n) is 2.95. The fourth-order valence-corrected chi connectivity index (χ4v) is 0.723. The van der Waals surface area contributed by atoms with Crippen molar-refractivity contribution < 1.29 is 9.90 Å². The number of nitrogens with zero attached hydrogens (tertiary/aromatic N) is 1. The molecule has 12 heavy (non-hydrogen) atoms. The highest BCUT2D eigenvalue weighted by Gasteiger charge is 2.23. The van der Waals surface area contributed by atoms with E-state index in [2.05, 4.69) is 0 Å². The second kappa shape index (κ2) is 3.83. The summed E-state index contributed by atoms with van der Waals surface area (Å²) in [5.41, 5.74) is 4.16. The van der Waals surface area contributed by atoms with Crippen molar-refractivity contribution in [3.8, 4) is 6.07 Å². The van der Waals surface area contributed by atoms with Crippen molar-refractivity contribution in [1.82, 2.24) is 0 Å². The zero-order chi connectivity index (χ0) is 9.78. The van der Waals surface area contributed by atoms with Crippen molar-refractivity contribution in [1.29, 1.82) is 10.7 Å². The number of hydrogen-bond donors (Lipinski definition) is 3. The van der Waals surface area contributed by atoms with E-state index < -0.39 is 17.2 Å². The van der Waals surface area contributed by atoms with Gasteiger partial charge in [-0.3, -0.25) is 5.41 Å². The SMILES string of the molecule is CC(N)(CC#N)CC(=N)C(=O)O. The van der Waals surface area contributed by atoms with Crippen LogP contribution in [0.25, 0.3) is 0 Å². The number of nitrogens with one attached hydrogen (secondary N) is 1. The van der Waals surface area contributed by atoms with Gasteiger partial charge in [0, 0.05) is 12.0 Å². The van der Waals surface area contributed by atoms with Gasteiger partial charge in [0.1, 0.15) is 5.71 Å². The Kier molecular flexibility index (Phi) is 3.38. The molecular formula is C7H11N3O2. The summed E-state index contributed by atoms with van der Waals surface area (Å²) >= 11 is 0. The molecule has 0 saturated carbocycles. The molecule has 5 heteroatoms. The van der Waals surface area contributed by atoms with E-state index in [1.807, 2.05) is 6.07 Å². The molecule has 0 aliphatic heterocycles. The second-order valence-corrected chi connectivity index (χ2v) is 2.95. The minimum absolute atomic E-state index is 0.0443. The molecule has 0 aromatic rings. The van der Waals surface area contributed by atoms with E-state index in [0.29, 0.717) is 0 Å². The fraction of sp³-hybridized carbons (Fsp3) is 0.571. The molecule has 0 aliphatic rings. The molecule has 0 aromatic carbocycles. The summed E-state index contributed by atoms with van der Waals surface area (Å²) in [6.45, 7) is 1.55. The van der Waals surface area contributed by atoms with Gasteiger partial charge in [0.2, 0.25) is 0 Å². The Morgan fingerprint density at radius 2 is 2.33 bits per heavy atom. The molecule has 0 bridgehead atoms. The summed E-state index contributed by atoms with van der Waals surface area (Å²) in [7, 11) is 0. The van der Waals surface area contributed by atoms with E-state index in [4.69, 9.17) is 21.5 Å². The summed E-state index contributed by atoms with van der Waals surface area (Å²) in [4.78, 5) is 10.2. The average Bonchev–Trinajstić information content (AvgIpc) is 1.85. The normalized spacial score (nSPS) is 14.4. The average molecular weight is 169 g/mol. The Labute approximate surface area is 70.3 Å². The molecule has 0 aliphatic carbocycles. The van der Waals surface area contributed by atoms with Crippen LogP contribution in [0.2, 0.25) is 0 Å². The number of carbonyl (C=O) groups is 1. The van der Waals surface area contributed by atoms with Crippen molar-refractivity contribution >= 4 is 11.7 Å². The number of nitriles is 1. The highest BCUT2D eigenvalue weighted by atomic mass is 16.4. The van der Waals surface area contributed by atoms with Gasteiger partial charge in [-0.2, -0.15) is 5.26 Å². The van der Waals surface area contributed by atoms with E-state index in [-0.39, 0.29) is 12.8 Å². The number of nitrogens with two attached hydrogens (primary N) is 1. The van der Waals surface area contributed by atoms with Gasteiger partial charge < -0.3 is 10.8 Å². The third-order valence-corrected chi connectivity index (χ3v) is 1.32. The van der Waals surface area contributed by atoms with Crippen LogP contribution in [-0.2, 0) is 4.79 Å². The van der Waals surface area contributed by atoms with Gasteiger partial charge in [-0.15, -0.1) is 0 Å². The Balaban J connectivity index is 4.17. The van der Waals surface area contributed by atoms with Gasteiger partial charge in [-0.25, -0.2) is 4.79 Å². The van der Waals surface area contributed by atoms with Gasteiger partial charge in [-0.05, 0) is 6.92 Å². The quantitative estimate of drug-likeness (QED) is 0.518. The lowest BCUT2D eigenvalue weighted by molar-refractivity contribution is -0.129. The van der Waals surface area contributed by atoms with Crippen LogP contribution in [-0.4, -0.2) is 22.3 Å². The molecule has 0 aromatic heterocycles. The minimum Gasteiger partial charge on any atom is -0.477 e. The predicted octanol–water partition coefficient (Wildman–Crippen LogP) is 0.112. The summed E-state index contributed by atoms with van der Waals surface area (Å²) in [5, 5.41) is 23.6. The van der Waals surface area contributed by atoms with Crippen LogP contribution < -0.4 is 5.73 Å². The molecule has 0 fully saturated rings. The van der Waals surface area contributed by atoms with Crippen molar-refractivity contribution in [2.24, 2.45) is 5.73 Å². The third-order valence-electron chi connectivity index (χ3n) is 1.32. The summed E-state index contributed by atoms with van der Waals surface area (Å²) in [5.74, 6) is -1.29. The first-order chi connectivity index (χ1) is 5.39. The highest BCUT2D eigenvalue weighted by molar-refractivity contribution is 6.34. The molecule has 1 unspecified atom stereocenters. The predicted molar refractivity (Wildman–Crippen MR) is 42.8 cm³/mol. The third kappa shape index (κ3) is 3.68. The Morgan fingerprint density at radius 1 is 1.83 bits per heavy atom. The van der Waals surface area contributed by atoms with Crippen LogP contribution in [0.3, 0.4) is 0 Å². The lowest BCUT2D eigenvalue weighted by Gasteiger charge is -2.19. The number of carboxylic acids is 1. The van der Waals surface area contributed by atoms with Crippen molar-refractivity contribution in [2.75, 3.05) is 0 Å². The molecule has 66 valence electrons. The van der Waals surface area contributed by atoms with E-state index >= 15 is 0 Å². The zero-order valence-electron chi connectivity index (χ0n) is 6.79. The van der Waals surface area contributed by atoms with Crippen LogP contribution in [0.15, 0.2) is 0 Å². The molecule has 4 N–H and O–H groups in total. The standard InChI is InChI=1S/C7H11N3O2/c1-7(10,2-3-8)4-5(9)6(11)12/h9H,2,4,10H2,1H3,(H,11,12). The molecule has 0 amide bonds. The Hall–Kier alpha value is -1.41. The lowest BCUT2D eigenvalue weighted by Crippen LogP contribution is -2.39. The Morgan fingerprint density at radius 3 is 2.67 bits per heavy atom. The molecule has 5 nitrogen and oxygen atoms in total. The number of hydrogen-bond acceptors (Lipinski definition) is 4. The van der Waals surface area contributed by atoms with Gasteiger partial charge in [0.25, 0.3) is 0 Å². The smallest absolute Gasteiger partial charge is 0.349 e. The first-order valence-corrected chi connectivity index (χ1v) is 3.35. The summed E-state index contributed by atoms with van der Waals surface area (Å²) in [6, 6.07) is 1.84. The molecule has 0 spiro atoms. The number of rotatable bonds is 4. The van der Waals surface area contributed by atoms with Crippen LogP contribution in [0.5, 0.6) is 0 Å². The maximum Gasteiger partial charge on any atom is 0.349 e. The zero-order valence-corrected chi connectivity index (χ0v) is 6.79. The molecule has 1 atom stereocenters. The maximum atomic E-state index is 10.2. The Bertz CT molecular complexity index is 240. The van der Waals surface area contributed by atoms with E-state index in [1.165, 1.54) is 0 Å². The minimum atomic E-state index is -1.29. The van der Waals surface area contributed by atoms with E-state index in [0.717, 1.165) is 0 Å². The molecule has 0 saturated heterocycles. The molecular weight excluding hydrogens is 158 g/mol. The summed E-state index contributed by atoms with van der Waals surface area (Å²) in [6.07, 6.45) is -0.0431. The van der Waals surface area contributed by atoms with Gasteiger partial charge in [0.15, 0.2) is 0 Å². The molecule has 0 heterocycles. The van der Waals surface area contributed by atoms with Crippen LogP contribution in [0.4, 0.5) is 0 Å². The van der Waals surface area contributed by atoms with Gasteiger partial charge >= 0.3 is 5.97 Å². The summed E-state index contributed by atoms with van der Waals surface area (Å²) < 4.78 is 0. The largest absolute Gasteiger partial charge is 0.477 e. The number of aliphatic carboxylic acids is 1. The van der Waals surface area contributed by atoms with E-state index in [9.17, 15) is 4.79 Å². The lowest BCUT2D eigenvalue weighted by atomic mass is 9.93. The van der Waals surface area contributed by atoms with Crippen LogP contribution in [0, 0.1) is 16.7 Å². The fourth-order valence-electron chi connectivity index (χ4n) is 0.723. The highest BCUT2D eigenvalue weighted by Crippen LogP contribution is 2.10. The monoisotopic (exact) mass is 169 g/mol. The van der Waals surface area contributed by atoms with Crippen LogP contribution >= 0.6 is 0 Å². The van der Waals surface area contributed by atoms with Crippen molar-refractivity contribution in [3.05, 3.63) is 0 Å². The van der Waals surface area contributed by atoms with Gasteiger partial charge in [0.05, 0.1) is 12.5 Å². The first-order valence-electron chi connectivity index (χ1n) is 3.35. The van der Waals surface area contributed by atoms with Crippen molar-refractivity contribution in [2.45, 2.75) is 25.3 Å². The van der Waals surface area contributed by atoms with Crippen LogP contribution in [0.1, 0.15) is 19.8 Å². The van der Waals surface area contributed by atoms with Gasteiger partial charge in [-0.1, -0.05) is 0 Å². The number of carboxylic acid groups (broad SMARTS) is 1. The van der Waals surface area contributed by atoms with E-state index in [1.54, 1.807) is 6.92 Å². The first kappa shape index (κ1) is 10.6. The molecule has 0 radical (unpaired) electrons.